The maximum absolute atomic E-state index is 5.74. The van der Waals surface area contributed by atoms with Crippen molar-refractivity contribution in [2.75, 3.05) is 13.2 Å². The molecule has 2 aliphatic rings. The number of nitrogens with two attached hydrogens (primary N) is 1. The molecule has 0 radical (unpaired) electrons. The number of para-hydroxylation sites is 1. The summed E-state index contributed by atoms with van der Waals surface area (Å²) in [5.41, 5.74) is 5.38. The van der Waals surface area contributed by atoms with Gasteiger partial charge >= 0.3 is 0 Å². The summed E-state index contributed by atoms with van der Waals surface area (Å²) in [6, 6.07) is 6.43. The second-order valence-corrected chi connectivity index (χ2v) is 5.02. The Kier molecular flexibility index (Phi) is 3.50. The third kappa shape index (κ3) is 2.23. The smallest absolute Gasteiger partial charge is 0.127 e. The highest BCUT2D eigenvalue weighted by molar-refractivity contribution is 5.45. The first kappa shape index (κ1) is 12.0. The van der Waals surface area contributed by atoms with Crippen LogP contribution >= 0.6 is 0 Å². The van der Waals surface area contributed by atoms with Crippen molar-refractivity contribution in [1.29, 1.82) is 0 Å². The fraction of sp³-hybridized carbons (Fsp3) is 0.571. The van der Waals surface area contributed by atoms with Gasteiger partial charge in [-0.15, -0.1) is 0 Å². The Bertz CT molecular complexity index is 416. The lowest BCUT2D eigenvalue weighted by molar-refractivity contribution is 0.0943. The maximum Gasteiger partial charge on any atom is 0.127 e. The summed E-state index contributed by atoms with van der Waals surface area (Å²) in [4.78, 5) is 0. The fourth-order valence-electron chi connectivity index (χ4n) is 2.89. The topological polar surface area (TPSA) is 56.5 Å². The third-order valence-electron chi connectivity index (χ3n) is 3.84. The molecular formula is C14H20N2O2. The van der Waals surface area contributed by atoms with E-state index >= 15 is 0 Å². The molecule has 4 nitrogen and oxygen atoms in total. The van der Waals surface area contributed by atoms with E-state index in [1.807, 2.05) is 0 Å². The van der Waals surface area contributed by atoms with Gasteiger partial charge in [0.15, 0.2) is 0 Å². The van der Waals surface area contributed by atoms with Crippen LogP contribution in [0.2, 0.25) is 0 Å². The van der Waals surface area contributed by atoms with E-state index in [-0.39, 0.29) is 6.04 Å². The standard InChI is InChI=1S/C14H20N2O2/c15-16-13(9-11-4-2-7-17-11)12-5-1-3-10-6-8-18-14(10)12/h1,3,5,11,13,16H,2,4,6-9,15H2. The molecule has 0 aromatic heterocycles. The molecule has 1 saturated heterocycles. The zero-order chi connectivity index (χ0) is 12.4. The maximum atomic E-state index is 5.74. The first-order valence-electron chi connectivity index (χ1n) is 6.71. The van der Waals surface area contributed by atoms with Gasteiger partial charge in [0.25, 0.3) is 0 Å². The van der Waals surface area contributed by atoms with E-state index in [0.717, 1.165) is 44.6 Å². The Morgan fingerprint density at radius 3 is 3.11 bits per heavy atom. The third-order valence-corrected chi connectivity index (χ3v) is 3.84. The average Bonchev–Trinajstić information content (AvgIpc) is 3.06. The van der Waals surface area contributed by atoms with Gasteiger partial charge in [0.1, 0.15) is 5.75 Å². The van der Waals surface area contributed by atoms with Crippen molar-refractivity contribution in [3.8, 4) is 5.75 Å². The molecule has 1 aromatic rings. The highest BCUT2D eigenvalue weighted by atomic mass is 16.5. The molecular weight excluding hydrogens is 228 g/mol. The van der Waals surface area contributed by atoms with Crippen LogP contribution in [0.3, 0.4) is 0 Å². The van der Waals surface area contributed by atoms with Crippen molar-refractivity contribution in [3.05, 3.63) is 29.3 Å². The minimum atomic E-state index is 0.112. The van der Waals surface area contributed by atoms with Gasteiger partial charge < -0.3 is 9.47 Å². The molecule has 0 amide bonds. The van der Waals surface area contributed by atoms with Gasteiger partial charge in [-0.2, -0.15) is 0 Å². The Morgan fingerprint density at radius 1 is 1.39 bits per heavy atom. The molecule has 18 heavy (non-hydrogen) atoms. The van der Waals surface area contributed by atoms with Gasteiger partial charge in [-0.05, 0) is 24.8 Å². The van der Waals surface area contributed by atoms with Crippen LogP contribution in [0.4, 0.5) is 0 Å². The number of rotatable bonds is 4. The van der Waals surface area contributed by atoms with Crippen molar-refractivity contribution >= 4 is 0 Å². The van der Waals surface area contributed by atoms with Crippen molar-refractivity contribution in [2.45, 2.75) is 37.8 Å². The molecule has 2 heterocycles. The number of nitrogens with one attached hydrogen (secondary N) is 1. The Morgan fingerprint density at radius 2 is 2.33 bits per heavy atom. The number of hydrogen-bond acceptors (Lipinski definition) is 4. The number of hydrogen-bond donors (Lipinski definition) is 2. The van der Waals surface area contributed by atoms with Crippen LogP contribution in [0, 0.1) is 0 Å². The summed E-state index contributed by atoms with van der Waals surface area (Å²) in [7, 11) is 0. The van der Waals surface area contributed by atoms with E-state index in [1.165, 1.54) is 11.1 Å². The summed E-state index contributed by atoms with van der Waals surface area (Å²) < 4.78 is 11.4. The summed E-state index contributed by atoms with van der Waals surface area (Å²) >= 11 is 0. The highest BCUT2D eigenvalue weighted by Crippen LogP contribution is 2.35. The predicted octanol–water partition coefficient (Wildman–Crippen LogP) is 1.69. The highest BCUT2D eigenvalue weighted by Gasteiger charge is 2.25. The van der Waals surface area contributed by atoms with Gasteiger partial charge in [-0.25, -0.2) is 0 Å². The van der Waals surface area contributed by atoms with E-state index in [2.05, 4.69) is 23.6 Å². The second-order valence-electron chi connectivity index (χ2n) is 5.02. The van der Waals surface area contributed by atoms with Crippen LogP contribution in [0.1, 0.15) is 36.4 Å². The van der Waals surface area contributed by atoms with Crippen LogP contribution in [-0.2, 0) is 11.2 Å². The van der Waals surface area contributed by atoms with Crippen molar-refractivity contribution in [2.24, 2.45) is 5.84 Å². The minimum absolute atomic E-state index is 0.112. The van der Waals surface area contributed by atoms with Crippen LogP contribution in [0.25, 0.3) is 0 Å². The first-order valence-corrected chi connectivity index (χ1v) is 6.71. The quantitative estimate of drug-likeness (QED) is 0.629. The molecule has 2 atom stereocenters. The molecule has 4 heteroatoms. The lowest BCUT2D eigenvalue weighted by Gasteiger charge is -2.21. The molecule has 2 unspecified atom stereocenters. The largest absolute Gasteiger partial charge is 0.493 e. The van der Waals surface area contributed by atoms with E-state index in [0.29, 0.717) is 6.10 Å². The number of fused-ring (bicyclic) bond motifs is 1. The lowest BCUT2D eigenvalue weighted by atomic mass is 9.97. The molecule has 1 fully saturated rings. The fourth-order valence-corrected chi connectivity index (χ4v) is 2.89. The molecule has 0 spiro atoms. The molecule has 3 N–H and O–H groups in total. The zero-order valence-electron chi connectivity index (χ0n) is 10.5. The lowest BCUT2D eigenvalue weighted by Crippen LogP contribution is -2.31. The van der Waals surface area contributed by atoms with Gasteiger partial charge in [0.05, 0.1) is 18.8 Å². The molecule has 0 aliphatic carbocycles. The Hall–Kier alpha value is -1.10. The minimum Gasteiger partial charge on any atom is -0.493 e. The summed E-state index contributed by atoms with van der Waals surface area (Å²) in [6.45, 7) is 1.66. The molecule has 0 saturated carbocycles. The van der Waals surface area contributed by atoms with Gasteiger partial charge in [-0.3, -0.25) is 11.3 Å². The Balaban J connectivity index is 1.80. The van der Waals surface area contributed by atoms with Crippen LogP contribution in [0.5, 0.6) is 5.75 Å². The van der Waals surface area contributed by atoms with Gasteiger partial charge in [0.2, 0.25) is 0 Å². The zero-order valence-corrected chi connectivity index (χ0v) is 10.5. The van der Waals surface area contributed by atoms with Gasteiger partial charge in [-0.1, -0.05) is 18.2 Å². The number of hydrazine groups is 1. The van der Waals surface area contributed by atoms with E-state index < -0.39 is 0 Å². The second kappa shape index (κ2) is 5.26. The Labute approximate surface area is 107 Å². The number of ether oxygens (including phenoxy) is 2. The average molecular weight is 248 g/mol. The number of benzene rings is 1. The summed E-state index contributed by atoms with van der Waals surface area (Å²) in [6.07, 6.45) is 4.53. The van der Waals surface area contributed by atoms with Crippen molar-refractivity contribution < 1.29 is 9.47 Å². The molecule has 0 bridgehead atoms. The summed E-state index contributed by atoms with van der Waals surface area (Å²) in [5, 5.41) is 0. The molecule has 1 aromatic carbocycles. The normalized spacial score (nSPS) is 23.7. The van der Waals surface area contributed by atoms with Crippen LogP contribution < -0.4 is 16.0 Å². The molecule has 3 rings (SSSR count). The van der Waals surface area contributed by atoms with E-state index in [9.17, 15) is 0 Å². The summed E-state index contributed by atoms with van der Waals surface area (Å²) in [5.74, 6) is 6.74. The molecule has 98 valence electrons. The van der Waals surface area contributed by atoms with Crippen LogP contribution in [0.15, 0.2) is 18.2 Å². The van der Waals surface area contributed by atoms with Crippen molar-refractivity contribution in [1.82, 2.24) is 5.43 Å². The van der Waals surface area contributed by atoms with Crippen molar-refractivity contribution in [3.63, 3.8) is 0 Å². The van der Waals surface area contributed by atoms with Gasteiger partial charge in [0, 0.05) is 18.6 Å². The van der Waals surface area contributed by atoms with E-state index in [1.54, 1.807) is 0 Å². The first-order chi connectivity index (χ1) is 8.88. The van der Waals surface area contributed by atoms with Crippen LogP contribution in [-0.4, -0.2) is 19.3 Å². The van der Waals surface area contributed by atoms with E-state index in [4.69, 9.17) is 15.3 Å². The predicted molar refractivity (Wildman–Crippen MR) is 69.3 cm³/mol. The SMILES string of the molecule is NNC(CC1CCCO1)c1cccc2c1OCC2. The molecule has 2 aliphatic heterocycles. The monoisotopic (exact) mass is 248 g/mol.